The third-order valence-corrected chi connectivity index (χ3v) is 4.32. The van der Waals surface area contributed by atoms with E-state index in [9.17, 15) is 4.79 Å². The molecule has 1 aromatic rings. The molecule has 0 N–H and O–H groups in total. The third-order valence-electron chi connectivity index (χ3n) is 4.32. The first kappa shape index (κ1) is 8.62. The summed E-state index contributed by atoms with van der Waals surface area (Å²) in [7, 11) is 0. The summed E-state index contributed by atoms with van der Waals surface area (Å²) in [5.74, 6) is 0.648. The Morgan fingerprint density at radius 1 is 1.25 bits per heavy atom. The molecule has 1 spiro atoms. The Bertz CT molecular complexity index is 450. The standard InChI is InChI=1S/C13H13NO2/c15-12-14-11(9-4-2-1-3-5-9)10-6-13(14,7-10)8-16-12/h1-5,10-11H,6-8H2. The van der Waals surface area contributed by atoms with Gasteiger partial charge in [0.1, 0.15) is 6.61 Å². The van der Waals surface area contributed by atoms with E-state index in [-0.39, 0.29) is 17.7 Å². The van der Waals surface area contributed by atoms with Crippen LogP contribution in [0, 0.1) is 5.92 Å². The molecule has 1 saturated carbocycles. The first-order valence-corrected chi connectivity index (χ1v) is 5.81. The molecule has 82 valence electrons. The Kier molecular flexibility index (Phi) is 1.40. The van der Waals surface area contributed by atoms with Crippen molar-refractivity contribution in [3.05, 3.63) is 35.9 Å². The van der Waals surface area contributed by atoms with Crippen molar-refractivity contribution in [1.82, 2.24) is 4.90 Å². The van der Waals surface area contributed by atoms with Gasteiger partial charge in [0.15, 0.2) is 0 Å². The van der Waals surface area contributed by atoms with Crippen molar-refractivity contribution >= 4 is 6.09 Å². The number of cyclic esters (lactones) is 1. The van der Waals surface area contributed by atoms with Crippen LogP contribution in [0.2, 0.25) is 0 Å². The van der Waals surface area contributed by atoms with Crippen LogP contribution < -0.4 is 0 Å². The molecule has 0 radical (unpaired) electrons. The summed E-state index contributed by atoms with van der Waals surface area (Å²) in [6.45, 7) is 0.603. The fourth-order valence-corrected chi connectivity index (χ4v) is 3.67. The minimum absolute atomic E-state index is 0.0578. The van der Waals surface area contributed by atoms with Gasteiger partial charge in [-0.2, -0.15) is 0 Å². The fraction of sp³-hybridized carbons (Fsp3) is 0.462. The Morgan fingerprint density at radius 2 is 2.00 bits per heavy atom. The van der Waals surface area contributed by atoms with Gasteiger partial charge in [-0.05, 0) is 24.3 Å². The molecule has 1 atom stereocenters. The summed E-state index contributed by atoms with van der Waals surface area (Å²) in [5, 5.41) is 0. The SMILES string of the molecule is O=C1OCC23CC(C2)C(c2ccccc2)N13. The zero-order valence-corrected chi connectivity index (χ0v) is 8.93. The number of ether oxygens (including phenoxy) is 1. The molecule has 2 bridgehead atoms. The molecule has 4 fully saturated rings. The van der Waals surface area contributed by atoms with Crippen molar-refractivity contribution in [2.45, 2.75) is 24.4 Å². The summed E-state index contributed by atoms with van der Waals surface area (Å²) in [6.07, 6.45) is 2.13. The van der Waals surface area contributed by atoms with Crippen LogP contribution in [0.1, 0.15) is 24.4 Å². The van der Waals surface area contributed by atoms with E-state index in [1.54, 1.807) is 0 Å². The van der Waals surface area contributed by atoms with Crippen molar-refractivity contribution in [2.75, 3.05) is 6.61 Å². The number of amides is 1. The summed E-state index contributed by atoms with van der Waals surface area (Å²) >= 11 is 0. The Hall–Kier alpha value is -1.51. The lowest BCUT2D eigenvalue weighted by atomic mass is 9.72. The van der Waals surface area contributed by atoms with Crippen LogP contribution in [-0.2, 0) is 4.74 Å². The third kappa shape index (κ3) is 0.833. The van der Waals surface area contributed by atoms with Gasteiger partial charge in [0.25, 0.3) is 0 Å². The normalized spacial score (nSPS) is 39.2. The zero-order chi connectivity index (χ0) is 10.8. The van der Waals surface area contributed by atoms with Gasteiger partial charge in [0, 0.05) is 0 Å². The average molecular weight is 215 g/mol. The molecule has 3 nitrogen and oxygen atoms in total. The van der Waals surface area contributed by atoms with Crippen LogP contribution in [0.25, 0.3) is 0 Å². The van der Waals surface area contributed by atoms with E-state index >= 15 is 0 Å². The van der Waals surface area contributed by atoms with Crippen LogP contribution in [0.15, 0.2) is 30.3 Å². The first-order chi connectivity index (χ1) is 7.80. The second-order valence-corrected chi connectivity index (χ2v) is 5.17. The van der Waals surface area contributed by atoms with E-state index in [0.29, 0.717) is 12.5 Å². The maximum atomic E-state index is 11.8. The number of benzene rings is 1. The molecule has 4 aliphatic rings. The topological polar surface area (TPSA) is 29.5 Å². The largest absolute Gasteiger partial charge is 0.447 e. The molecule has 1 unspecified atom stereocenters. The predicted octanol–water partition coefficient (Wildman–Crippen LogP) is 2.34. The minimum Gasteiger partial charge on any atom is -0.447 e. The molecule has 3 heterocycles. The van der Waals surface area contributed by atoms with Gasteiger partial charge in [0.2, 0.25) is 0 Å². The van der Waals surface area contributed by atoms with Crippen LogP contribution >= 0.6 is 0 Å². The van der Waals surface area contributed by atoms with Crippen LogP contribution in [-0.4, -0.2) is 23.1 Å². The molecule has 1 aliphatic carbocycles. The van der Waals surface area contributed by atoms with Gasteiger partial charge >= 0.3 is 6.09 Å². The van der Waals surface area contributed by atoms with E-state index in [1.165, 1.54) is 5.56 Å². The lowest BCUT2D eigenvalue weighted by Crippen LogP contribution is -2.44. The Balaban J connectivity index is 1.79. The monoisotopic (exact) mass is 215 g/mol. The van der Waals surface area contributed by atoms with Gasteiger partial charge in [0.05, 0.1) is 11.6 Å². The molecule has 16 heavy (non-hydrogen) atoms. The van der Waals surface area contributed by atoms with Crippen molar-refractivity contribution in [1.29, 1.82) is 0 Å². The maximum absolute atomic E-state index is 11.8. The first-order valence-electron chi connectivity index (χ1n) is 5.81. The van der Waals surface area contributed by atoms with Gasteiger partial charge in [-0.15, -0.1) is 0 Å². The van der Waals surface area contributed by atoms with Gasteiger partial charge in [-0.3, -0.25) is 4.90 Å². The van der Waals surface area contributed by atoms with E-state index in [2.05, 4.69) is 12.1 Å². The number of carbonyl (C=O) groups is 1. The maximum Gasteiger partial charge on any atom is 0.410 e. The molecule has 0 aromatic heterocycles. The Morgan fingerprint density at radius 3 is 2.75 bits per heavy atom. The lowest BCUT2D eigenvalue weighted by Gasteiger charge is -2.34. The second-order valence-electron chi connectivity index (χ2n) is 5.17. The average Bonchev–Trinajstić information content (AvgIpc) is 2.86. The highest BCUT2D eigenvalue weighted by atomic mass is 16.6. The van der Waals surface area contributed by atoms with Crippen molar-refractivity contribution < 1.29 is 9.53 Å². The molecule has 3 saturated heterocycles. The van der Waals surface area contributed by atoms with Gasteiger partial charge in [-0.25, -0.2) is 4.79 Å². The fourth-order valence-electron chi connectivity index (χ4n) is 3.67. The van der Waals surface area contributed by atoms with E-state index in [4.69, 9.17) is 4.74 Å². The summed E-state index contributed by atoms with van der Waals surface area (Å²) in [4.78, 5) is 13.8. The Labute approximate surface area is 94.0 Å². The zero-order valence-electron chi connectivity index (χ0n) is 8.93. The molecule has 1 amide bonds. The highest BCUT2D eigenvalue weighted by Crippen LogP contribution is 2.62. The summed E-state index contributed by atoms with van der Waals surface area (Å²) in [6, 6.07) is 10.6. The van der Waals surface area contributed by atoms with Crippen LogP contribution in [0.3, 0.4) is 0 Å². The number of hydrogen-bond donors (Lipinski definition) is 0. The number of carbonyl (C=O) groups excluding carboxylic acids is 1. The highest BCUT2D eigenvalue weighted by Gasteiger charge is 2.67. The molecule has 3 heteroatoms. The van der Waals surface area contributed by atoms with E-state index in [1.807, 2.05) is 23.1 Å². The predicted molar refractivity (Wildman–Crippen MR) is 57.8 cm³/mol. The number of rotatable bonds is 1. The van der Waals surface area contributed by atoms with Gasteiger partial charge < -0.3 is 4.74 Å². The molecular formula is C13H13NO2. The molecule has 3 aliphatic heterocycles. The number of hydrogen-bond acceptors (Lipinski definition) is 2. The number of nitrogens with zero attached hydrogens (tertiary/aromatic N) is 1. The quantitative estimate of drug-likeness (QED) is 0.719. The smallest absolute Gasteiger partial charge is 0.410 e. The van der Waals surface area contributed by atoms with E-state index < -0.39 is 0 Å². The lowest BCUT2D eigenvalue weighted by molar-refractivity contribution is 0.135. The van der Waals surface area contributed by atoms with Gasteiger partial charge in [-0.1, -0.05) is 30.3 Å². The molecule has 5 rings (SSSR count). The van der Waals surface area contributed by atoms with Crippen molar-refractivity contribution in [3.8, 4) is 0 Å². The van der Waals surface area contributed by atoms with Crippen molar-refractivity contribution in [2.24, 2.45) is 5.92 Å². The van der Waals surface area contributed by atoms with Crippen molar-refractivity contribution in [3.63, 3.8) is 0 Å². The van der Waals surface area contributed by atoms with Crippen LogP contribution in [0.5, 0.6) is 0 Å². The summed E-state index contributed by atoms with van der Waals surface area (Å²) < 4.78 is 5.20. The molecule has 1 aromatic carbocycles. The second kappa shape index (κ2) is 2.59. The summed E-state index contributed by atoms with van der Waals surface area (Å²) in [5.41, 5.74) is 1.31. The van der Waals surface area contributed by atoms with Crippen LogP contribution in [0.4, 0.5) is 4.79 Å². The minimum atomic E-state index is -0.117. The highest BCUT2D eigenvalue weighted by molar-refractivity contribution is 5.74. The molecular weight excluding hydrogens is 202 g/mol. The van der Waals surface area contributed by atoms with E-state index in [0.717, 1.165) is 12.8 Å².